The number of aromatic nitrogens is 1. The first-order valence-electron chi connectivity index (χ1n) is 6.73. The molecule has 0 saturated heterocycles. The van der Waals surface area contributed by atoms with Gasteiger partial charge in [0.25, 0.3) is 0 Å². The van der Waals surface area contributed by atoms with Crippen molar-refractivity contribution in [2.24, 2.45) is 0 Å². The second-order valence-corrected chi connectivity index (χ2v) is 5.25. The Labute approximate surface area is 116 Å². The molecule has 0 fully saturated rings. The van der Waals surface area contributed by atoms with Crippen LogP contribution < -0.4 is 5.32 Å². The Hall–Kier alpha value is -2.55. The lowest BCUT2D eigenvalue weighted by Crippen LogP contribution is -2.05. The van der Waals surface area contributed by atoms with E-state index in [9.17, 15) is 4.79 Å². The van der Waals surface area contributed by atoms with Crippen LogP contribution in [0, 0.1) is 0 Å². The van der Waals surface area contributed by atoms with Gasteiger partial charge in [0.1, 0.15) is 0 Å². The third kappa shape index (κ3) is 1.56. The van der Waals surface area contributed by atoms with Gasteiger partial charge < -0.3 is 10.3 Å². The van der Waals surface area contributed by atoms with Gasteiger partial charge in [-0.15, -0.1) is 0 Å². The van der Waals surface area contributed by atoms with Gasteiger partial charge in [-0.3, -0.25) is 4.79 Å². The van der Waals surface area contributed by atoms with Crippen molar-refractivity contribution in [1.29, 1.82) is 0 Å². The topological polar surface area (TPSA) is 44.9 Å². The van der Waals surface area contributed by atoms with Gasteiger partial charge in [-0.25, -0.2) is 0 Å². The number of rotatable bonds is 1. The van der Waals surface area contributed by atoms with E-state index < -0.39 is 0 Å². The fourth-order valence-electron chi connectivity index (χ4n) is 3.08. The molecule has 2 aromatic carbocycles. The average molecular weight is 262 g/mol. The van der Waals surface area contributed by atoms with Crippen LogP contribution in [0.2, 0.25) is 0 Å². The molecule has 1 aliphatic rings. The molecule has 3 aromatic rings. The predicted octanol–water partition coefficient (Wildman–Crippen LogP) is 3.70. The SMILES string of the molecule is CC(=O)Nc1ccc2c3c([nH]c2c1)Cc1ccccc1-3. The normalized spacial score (nSPS) is 12.2. The van der Waals surface area contributed by atoms with Crippen molar-refractivity contribution in [3.8, 4) is 11.1 Å². The zero-order valence-electron chi connectivity index (χ0n) is 11.2. The van der Waals surface area contributed by atoms with E-state index in [1.165, 1.54) is 34.7 Å². The molecule has 0 atom stereocenters. The van der Waals surface area contributed by atoms with Gasteiger partial charge in [-0.1, -0.05) is 30.3 Å². The highest BCUT2D eigenvalue weighted by atomic mass is 16.1. The summed E-state index contributed by atoms with van der Waals surface area (Å²) in [5, 5.41) is 4.04. The fourth-order valence-corrected chi connectivity index (χ4v) is 3.08. The summed E-state index contributed by atoms with van der Waals surface area (Å²) >= 11 is 0. The minimum Gasteiger partial charge on any atom is -0.358 e. The van der Waals surface area contributed by atoms with Crippen LogP contribution in [-0.4, -0.2) is 10.9 Å². The molecule has 1 aromatic heterocycles. The second kappa shape index (κ2) is 3.97. The number of carbonyl (C=O) groups is 1. The summed E-state index contributed by atoms with van der Waals surface area (Å²) in [5.41, 5.74) is 7.18. The largest absolute Gasteiger partial charge is 0.358 e. The van der Waals surface area contributed by atoms with E-state index in [1.807, 2.05) is 12.1 Å². The third-order valence-corrected chi connectivity index (χ3v) is 3.85. The Bertz CT molecular complexity index is 845. The molecule has 0 radical (unpaired) electrons. The van der Waals surface area contributed by atoms with E-state index in [0.717, 1.165) is 17.6 Å². The molecule has 1 aliphatic carbocycles. The van der Waals surface area contributed by atoms with Crippen LogP contribution in [-0.2, 0) is 11.2 Å². The molecule has 0 spiro atoms. The molecule has 4 rings (SSSR count). The van der Waals surface area contributed by atoms with Crippen molar-refractivity contribution >= 4 is 22.5 Å². The van der Waals surface area contributed by atoms with Crippen molar-refractivity contribution in [2.75, 3.05) is 5.32 Å². The van der Waals surface area contributed by atoms with Crippen molar-refractivity contribution in [2.45, 2.75) is 13.3 Å². The zero-order chi connectivity index (χ0) is 13.7. The van der Waals surface area contributed by atoms with Gasteiger partial charge in [0.15, 0.2) is 0 Å². The molecule has 2 N–H and O–H groups in total. The van der Waals surface area contributed by atoms with E-state index in [4.69, 9.17) is 0 Å². The second-order valence-electron chi connectivity index (χ2n) is 5.25. The summed E-state index contributed by atoms with van der Waals surface area (Å²) < 4.78 is 0. The van der Waals surface area contributed by atoms with Crippen molar-refractivity contribution in [1.82, 2.24) is 4.98 Å². The number of fused-ring (bicyclic) bond motifs is 5. The molecule has 0 bridgehead atoms. The lowest BCUT2D eigenvalue weighted by Gasteiger charge is -2.03. The Morgan fingerprint density at radius 3 is 2.90 bits per heavy atom. The predicted molar refractivity (Wildman–Crippen MR) is 80.8 cm³/mol. The highest BCUT2D eigenvalue weighted by Crippen LogP contribution is 2.41. The van der Waals surface area contributed by atoms with Gasteiger partial charge in [-0.05, 0) is 23.3 Å². The highest BCUT2D eigenvalue weighted by Gasteiger charge is 2.22. The number of H-pyrrole nitrogens is 1. The Balaban J connectivity index is 1.90. The van der Waals surface area contributed by atoms with Crippen LogP contribution >= 0.6 is 0 Å². The van der Waals surface area contributed by atoms with Crippen molar-refractivity contribution in [3.05, 3.63) is 53.7 Å². The molecule has 3 heteroatoms. The van der Waals surface area contributed by atoms with Crippen LogP contribution in [0.5, 0.6) is 0 Å². The molecule has 98 valence electrons. The Morgan fingerprint density at radius 2 is 2.05 bits per heavy atom. The maximum atomic E-state index is 11.1. The van der Waals surface area contributed by atoms with E-state index in [0.29, 0.717) is 0 Å². The van der Waals surface area contributed by atoms with Gasteiger partial charge in [0, 0.05) is 41.2 Å². The lowest BCUT2D eigenvalue weighted by atomic mass is 10.0. The van der Waals surface area contributed by atoms with E-state index in [2.05, 4.69) is 40.6 Å². The first-order valence-corrected chi connectivity index (χ1v) is 6.73. The molecule has 20 heavy (non-hydrogen) atoms. The minimum absolute atomic E-state index is 0.0474. The van der Waals surface area contributed by atoms with Crippen molar-refractivity contribution < 1.29 is 4.79 Å². The van der Waals surface area contributed by atoms with Gasteiger partial charge in [-0.2, -0.15) is 0 Å². The number of amides is 1. The number of anilines is 1. The summed E-state index contributed by atoms with van der Waals surface area (Å²) in [5.74, 6) is -0.0474. The highest BCUT2D eigenvalue weighted by molar-refractivity contribution is 6.02. The van der Waals surface area contributed by atoms with E-state index in [1.54, 1.807) is 0 Å². The summed E-state index contributed by atoms with van der Waals surface area (Å²) in [4.78, 5) is 14.6. The fraction of sp³-hybridized carbons (Fsp3) is 0.118. The van der Waals surface area contributed by atoms with E-state index in [-0.39, 0.29) is 5.91 Å². The van der Waals surface area contributed by atoms with E-state index >= 15 is 0 Å². The van der Waals surface area contributed by atoms with Gasteiger partial charge in [0.05, 0.1) is 0 Å². The van der Waals surface area contributed by atoms with Crippen LogP contribution in [0.4, 0.5) is 5.69 Å². The molecular weight excluding hydrogens is 248 g/mol. The average Bonchev–Trinajstić information content (AvgIpc) is 2.92. The Morgan fingerprint density at radius 1 is 1.20 bits per heavy atom. The monoisotopic (exact) mass is 262 g/mol. The van der Waals surface area contributed by atoms with Crippen LogP contribution in [0.15, 0.2) is 42.5 Å². The van der Waals surface area contributed by atoms with Gasteiger partial charge in [0.2, 0.25) is 5.91 Å². The number of carbonyl (C=O) groups excluding carboxylic acids is 1. The molecule has 1 amide bonds. The molecule has 0 unspecified atom stereocenters. The summed E-state index contributed by atoms with van der Waals surface area (Å²) in [6.07, 6.45) is 0.954. The molecule has 0 aliphatic heterocycles. The lowest BCUT2D eigenvalue weighted by molar-refractivity contribution is -0.114. The van der Waals surface area contributed by atoms with Crippen molar-refractivity contribution in [3.63, 3.8) is 0 Å². The quantitative estimate of drug-likeness (QED) is 0.540. The number of hydrogen-bond donors (Lipinski definition) is 2. The molecule has 1 heterocycles. The summed E-state index contributed by atoms with van der Waals surface area (Å²) in [6, 6.07) is 14.6. The summed E-state index contributed by atoms with van der Waals surface area (Å²) in [6.45, 7) is 1.52. The first-order chi connectivity index (χ1) is 9.72. The molecule has 3 nitrogen and oxygen atoms in total. The maximum Gasteiger partial charge on any atom is 0.221 e. The number of benzene rings is 2. The van der Waals surface area contributed by atoms with Crippen LogP contribution in [0.3, 0.4) is 0 Å². The Kier molecular flexibility index (Phi) is 2.24. The number of nitrogens with one attached hydrogen (secondary N) is 2. The number of hydrogen-bond acceptors (Lipinski definition) is 1. The molecular formula is C17H14N2O. The standard InChI is InChI=1S/C17H14N2O/c1-10(20)18-12-6-7-14-15(9-12)19-16-8-11-4-2-3-5-13(11)17(14)16/h2-7,9,19H,8H2,1H3,(H,18,20). The summed E-state index contributed by atoms with van der Waals surface area (Å²) in [7, 11) is 0. The van der Waals surface area contributed by atoms with Crippen LogP contribution in [0.25, 0.3) is 22.0 Å². The minimum atomic E-state index is -0.0474. The third-order valence-electron chi connectivity index (χ3n) is 3.85. The first kappa shape index (κ1) is 11.3. The zero-order valence-corrected chi connectivity index (χ0v) is 11.2. The van der Waals surface area contributed by atoms with Crippen LogP contribution in [0.1, 0.15) is 18.2 Å². The van der Waals surface area contributed by atoms with Gasteiger partial charge >= 0.3 is 0 Å². The maximum absolute atomic E-state index is 11.1. The molecule has 0 saturated carbocycles. The number of aromatic amines is 1. The smallest absolute Gasteiger partial charge is 0.221 e.